The molecule has 1 saturated heterocycles. The minimum atomic E-state index is -3.67. The predicted molar refractivity (Wildman–Crippen MR) is 158 cm³/mol. The largest absolute Gasteiger partial charge is 0.489 e. The second-order valence-corrected chi connectivity index (χ2v) is 13.7. The summed E-state index contributed by atoms with van der Waals surface area (Å²) in [5.41, 5.74) is 4.06. The van der Waals surface area contributed by atoms with Crippen LogP contribution in [-0.2, 0) is 33.3 Å². The molecule has 0 bridgehead atoms. The number of hydrogen-bond donors (Lipinski definition) is 2. The molecule has 1 fully saturated rings. The molecule has 12 heteroatoms. The summed E-state index contributed by atoms with van der Waals surface area (Å²) >= 11 is 1.90. The standard InChI is InChI=1S/C26H28N2OS.2CH4O3S/c1-27-13-15-28(16-14-27)24-17-21-9-5-6-10-25(21)30-26-12-11-22(18-23(24)26)29-19-20-7-3-2-4-8-20;2*1-5(2,3)4/h2-12,18,24H,13-17,19H2,1H3;2*1H3,(H,2,3,4). The SMILES string of the molecule is CN1CCN(C2Cc3ccccc3Sc3ccc(OCc4ccccc4)cc32)CC1.CS(=O)(=O)O.CS(=O)(=O)O. The van der Waals surface area contributed by atoms with Crippen LogP contribution in [0.4, 0.5) is 0 Å². The number of benzene rings is 3. The van der Waals surface area contributed by atoms with Gasteiger partial charge in [-0.3, -0.25) is 14.0 Å². The molecular formula is C28H36N2O7S3. The van der Waals surface area contributed by atoms with E-state index in [1.54, 1.807) is 0 Å². The minimum absolute atomic E-state index is 0.394. The Kier molecular flexibility index (Phi) is 11.6. The molecule has 0 amide bonds. The second kappa shape index (κ2) is 14.4. The Morgan fingerprint density at radius 3 is 2.02 bits per heavy atom. The Hall–Kier alpha value is -2.45. The maximum absolute atomic E-state index is 9.19. The average Bonchev–Trinajstić information content (AvgIpc) is 3.03. The van der Waals surface area contributed by atoms with Crippen molar-refractivity contribution >= 4 is 32.0 Å². The molecule has 0 saturated carbocycles. The van der Waals surface area contributed by atoms with Crippen molar-refractivity contribution in [1.29, 1.82) is 0 Å². The van der Waals surface area contributed by atoms with Gasteiger partial charge in [0.05, 0.1) is 12.5 Å². The molecule has 5 rings (SSSR count). The normalized spacial score (nSPS) is 17.6. The predicted octanol–water partition coefficient (Wildman–Crippen LogP) is 4.27. The molecular weight excluding hydrogens is 573 g/mol. The molecule has 3 aromatic carbocycles. The highest BCUT2D eigenvalue weighted by Gasteiger charge is 2.29. The maximum Gasteiger partial charge on any atom is 0.261 e. The molecule has 218 valence electrons. The zero-order valence-corrected chi connectivity index (χ0v) is 25.3. The van der Waals surface area contributed by atoms with Gasteiger partial charge in [0.1, 0.15) is 12.4 Å². The van der Waals surface area contributed by atoms with Gasteiger partial charge in [-0.1, -0.05) is 60.3 Å². The molecule has 2 aliphatic rings. The van der Waals surface area contributed by atoms with E-state index in [0.717, 1.165) is 38.3 Å². The third-order valence-corrected chi connectivity index (χ3v) is 7.38. The molecule has 0 radical (unpaired) electrons. The number of likely N-dealkylation sites (N-methyl/N-ethyl adjacent to an activating group) is 1. The van der Waals surface area contributed by atoms with Gasteiger partial charge in [0.2, 0.25) is 0 Å². The number of ether oxygens (including phenoxy) is 1. The van der Waals surface area contributed by atoms with Crippen LogP contribution >= 0.6 is 11.8 Å². The van der Waals surface area contributed by atoms with Gasteiger partial charge in [-0.15, -0.1) is 0 Å². The van der Waals surface area contributed by atoms with Crippen molar-refractivity contribution in [3.05, 3.63) is 89.5 Å². The molecule has 2 aliphatic heterocycles. The number of hydrogen-bond acceptors (Lipinski definition) is 8. The lowest BCUT2D eigenvalue weighted by Gasteiger charge is -2.38. The first kappa shape index (κ1) is 32.1. The van der Waals surface area contributed by atoms with E-state index in [2.05, 4.69) is 83.6 Å². The molecule has 0 aliphatic carbocycles. The highest BCUT2D eigenvalue weighted by molar-refractivity contribution is 7.99. The van der Waals surface area contributed by atoms with Gasteiger partial charge >= 0.3 is 0 Å². The summed E-state index contributed by atoms with van der Waals surface area (Å²) in [6, 6.07) is 26.3. The third-order valence-electron chi connectivity index (χ3n) is 6.17. The molecule has 9 nitrogen and oxygen atoms in total. The summed E-state index contributed by atoms with van der Waals surface area (Å²) in [5, 5.41) is 0. The van der Waals surface area contributed by atoms with Gasteiger partial charge in [-0.25, -0.2) is 0 Å². The molecule has 1 atom stereocenters. The smallest absolute Gasteiger partial charge is 0.261 e. The van der Waals surface area contributed by atoms with Gasteiger partial charge in [-0.05, 0) is 54.4 Å². The molecule has 0 aromatic heterocycles. The Morgan fingerprint density at radius 1 is 0.825 bits per heavy atom. The summed E-state index contributed by atoms with van der Waals surface area (Å²) in [6.45, 7) is 5.09. The summed E-state index contributed by atoms with van der Waals surface area (Å²) in [7, 11) is -5.11. The van der Waals surface area contributed by atoms with Gasteiger partial charge in [0.25, 0.3) is 20.2 Å². The van der Waals surface area contributed by atoms with Crippen LogP contribution in [0.15, 0.2) is 82.6 Å². The van der Waals surface area contributed by atoms with Crippen LogP contribution in [0.3, 0.4) is 0 Å². The lowest BCUT2D eigenvalue weighted by Crippen LogP contribution is -2.46. The van der Waals surface area contributed by atoms with E-state index in [4.69, 9.17) is 13.8 Å². The molecule has 40 heavy (non-hydrogen) atoms. The Bertz CT molecular complexity index is 1410. The average molecular weight is 609 g/mol. The van der Waals surface area contributed by atoms with Crippen LogP contribution in [0.1, 0.15) is 22.7 Å². The highest BCUT2D eigenvalue weighted by Crippen LogP contribution is 2.44. The van der Waals surface area contributed by atoms with Crippen LogP contribution < -0.4 is 4.74 Å². The lowest BCUT2D eigenvalue weighted by atomic mass is 9.96. The Morgan fingerprint density at radius 2 is 1.40 bits per heavy atom. The van der Waals surface area contributed by atoms with Crippen molar-refractivity contribution in [3.63, 3.8) is 0 Å². The maximum atomic E-state index is 9.19. The molecule has 2 heterocycles. The van der Waals surface area contributed by atoms with E-state index in [0.29, 0.717) is 25.2 Å². The zero-order valence-electron chi connectivity index (χ0n) is 22.8. The number of piperazine rings is 1. The second-order valence-electron chi connectivity index (χ2n) is 9.71. The zero-order chi connectivity index (χ0) is 29.3. The summed E-state index contributed by atoms with van der Waals surface area (Å²) in [5.74, 6) is 0.961. The number of rotatable bonds is 4. The van der Waals surface area contributed by atoms with E-state index in [-0.39, 0.29) is 0 Å². The van der Waals surface area contributed by atoms with Gasteiger partial charge < -0.3 is 9.64 Å². The number of nitrogens with zero attached hydrogens (tertiary/aromatic N) is 2. The fraction of sp³-hybridized carbons (Fsp3) is 0.357. The minimum Gasteiger partial charge on any atom is -0.489 e. The van der Waals surface area contributed by atoms with Crippen LogP contribution in [-0.4, -0.2) is 81.5 Å². The van der Waals surface area contributed by atoms with Crippen molar-refractivity contribution in [3.8, 4) is 5.75 Å². The Balaban J connectivity index is 0.000000381. The van der Waals surface area contributed by atoms with E-state index >= 15 is 0 Å². The number of fused-ring (bicyclic) bond motifs is 2. The van der Waals surface area contributed by atoms with Crippen LogP contribution in [0, 0.1) is 0 Å². The topological polar surface area (TPSA) is 124 Å². The van der Waals surface area contributed by atoms with E-state index in [1.807, 2.05) is 17.8 Å². The van der Waals surface area contributed by atoms with Crippen molar-refractivity contribution in [2.75, 3.05) is 45.7 Å². The molecule has 2 N–H and O–H groups in total. The first-order chi connectivity index (χ1) is 18.8. The van der Waals surface area contributed by atoms with E-state index in [1.165, 1.54) is 26.5 Å². The van der Waals surface area contributed by atoms with Crippen molar-refractivity contribution in [1.82, 2.24) is 9.80 Å². The molecule has 1 unspecified atom stereocenters. The van der Waals surface area contributed by atoms with Gasteiger partial charge in [-0.2, -0.15) is 16.8 Å². The van der Waals surface area contributed by atoms with Gasteiger partial charge in [0, 0.05) is 42.0 Å². The third kappa shape index (κ3) is 11.6. The fourth-order valence-electron chi connectivity index (χ4n) is 4.38. The summed E-state index contributed by atoms with van der Waals surface area (Å²) in [6.07, 6.45) is 2.49. The quantitative estimate of drug-likeness (QED) is 0.415. The summed E-state index contributed by atoms with van der Waals surface area (Å²) < 4.78 is 57.9. The fourth-order valence-corrected chi connectivity index (χ4v) is 5.49. The van der Waals surface area contributed by atoms with Crippen molar-refractivity contribution in [2.45, 2.75) is 28.9 Å². The first-order valence-corrected chi connectivity index (χ1v) is 17.1. The van der Waals surface area contributed by atoms with E-state index in [9.17, 15) is 16.8 Å². The molecule has 3 aromatic rings. The van der Waals surface area contributed by atoms with E-state index < -0.39 is 20.2 Å². The van der Waals surface area contributed by atoms with Crippen LogP contribution in [0.25, 0.3) is 0 Å². The van der Waals surface area contributed by atoms with Crippen molar-refractivity contribution < 1.29 is 30.7 Å². The summed E-state index contributed by atoms with van der Waals surface area (Å²) in [4.78, 5) is 7.84. The molecule has 0 spiro atoms. The van der Waals surface area contributed by atoms with Gasteiger partial charge in [0.15, 0.2) is 0 Å². The van der Waals surface area contributed by atoms with Crippen LogP contribution in [0.2, 0.25) is 0 Å². The Labute approximate surface area is 241 Å². The van der Waals surface area contributed by atoms with Crippen LogP contribution in [0.5, 0.6) is 5.75 Å². The first-order valence-electron chi connectivity index (χ1n) is 12.6. The monoisotopic (exact) mass is 608 g/mol. The lowest BCUT2D eigenvalue weighted by molar-refractivity contribution is 0.109. The van der Waals surface area contributed by atoms with Crippen molar-refractivity contribution in [2.24, 2.45) is 0 Å². The highest BCUT2D eigenvalue weighted by atomic mass is 32.2.